The van der Waals surface area contributed by atoms with Gasteiger partial charge in [0.1, 0.15) is 0 Å². The summed E-state index contributed by atoms with van der Waals surface area (Å²) in [6.45, 7) is 0.950. The van der Waals surface area contributed by atoms with E-state index in [1.54, 1.807) is 11.3 Å². The molecule has 1 fully saturated rings. The van der Waals surface area contributed by atoms with E-state index >= 15 is 0 Å². The lowest BCUT2D eigenvalue weighted by Gasteiger charge is -2.25. The molecule has 3 nitrogen and oxygen atoms in total. The third-order valence-electron chi connectivity index (χ3n) is 3.25. The van der Waals surface area contributed by atoms with Crippen molar-refractivity contribution in [3.05, 3.63) is 15.9 Å². The summed E-state index contributed by atoms with van der Waals surface area (Å²) in [4.78, 5) is 2.91. The Bertz CT molecular complexity index is 385. The van der Waals surface area contributed by atoms with Gasteiger partial charge in [-0.3, -0.25) is 5.41 Å². The molecule has 0 spiro atoms. The predicted octanol–water partition coefficient (Wildman–Crippen LogP) is 2.60. The number of nitrogens with one attached hydrogen (secondary N) is 1. The van der Waals surface area contributed by atoms with Crippen LogP contribution in [0, 0.1) is 5.41 Å². The Morgan fingerprint density at radius 1 is 1.38 bits per heavy atom. The lowest BCUT2D eigenvalue weighted by molar-refractivity contribution is 0.319. The Morgan fingerprint density at radius 2 is 2.06 bits per heavy atom. The molecule has 1 aliphatic carbocycles. The lowest BCUT2D eigenvalue weighted by Crippen LogP contribution is -2.26. The van der Waals surface area contributed by atoms with Crippen molar-refractivity contribution >= 4 is 11.3 Å². The minimum absolute atomic E-state index is 0.586. The van der Waals surface area contributed by atoms with Gasteiger partial charge in [-0.2, -0.15) is 0 Å². The fourth-order valence-electron chi connectivity index (χ4n) is 2.54. The molecule has 0 atom stereocenters. The van der Waals surface area contributed by atoms with Crippen LogP contribution in [0.5, 0.6) is 0 Å². The summed E-state index contributed by atoms with van der Waals surface area (Å²) in [5, 5.41) is 10.2. The highest BCUT2D eigenvalue weighted by molar-refractivity contribution is 7.07. The van der Waals surface area contributed by atoms with E-state index in [1.165, 1.54) is 37.8 Å². The van der Waals surface area contributed by atoms with Gasteiger partial charge in [-0.1, -0.05) is 19.3 Å². The molecule has 1 aliphatic rings. The summed E-state index contributed by atoms with van der Waals surface area (Å²) in [7, 11) is 4.18. The zero-order valence-corrected chi connectivity index (χ0v) is 11.0. The first-order chi connectivity index (χ1) is 7.68. The Balaban J connectivity index is 2.23. The highest BCUT2D eigenvalue weighted by atomic mass is 32.1. The van der Waals surface area contributed by atoms with Crippen molar-refractivity contribution in [3.8, 4) is 0 Å². The molecule has 1 saturated carbocycles. The molecule has 0 aliphatic heterocycles. The zero-order chi connectivity index (χ0) is 11.5. The van der Waals surface area contributed by atoms with Crippen LogP contribution in [0.3, 0.4) is 0 Å². The van der Waals surface area contributed by atoms with Crippen LogP contribution >= 0.6 is 11.3 Å². The first kappa shape index (κ1) is 11.9. The van der Waals surface area contributed by atoms with Crippen LogP contribution in [0.4, 0.5) is 0 Å². The van der Waals surface area contributed by atoms with E-state index in [2.05, 4.69) is 28.9 Å². The lowest BCUT2D eigenvalue weighted by atomic mass is 9.95. The van der Waals surface area contributed by atoms with Crippen LogP contribution < -0.4 is 4.80 Å². The average Bonchev–Trinajstić information content (AvgIpc) is 2.60. The van der Waals surface area contributed by atoms with Crippen molar-refractivity contribution in [1.82, 2.24) is 9.47 Å². The Labute approximate surface area is 101 Å². The molecule has 90 valence electrons. The van der Waals surface area contributed by atoms with Gasteiger partial charge < -0.3 is 9.47 Å². The number of hydrogen-bond acceptors (Lipinski definition) is 3. The molecule has 2 rings (SSSR count). The molecule has 0 aromatic carbocycles. The first-order valence-electron chi connectivity index (χ1n) is 6.06. The zero-order valence-electron chi connectivity index (χ0n) is 10.2. The van der Waals surface area contributed by atoms with E-state index in [1.807, 2.05) is 0 Å². The van der Waals surface area contributed by atoms with Gasteiger partial charge in [0.05, 0.1) is 0 Å². The topological polar surface area (TPSA) is 32.0 Å². The van der Waals surface area contributed by atoms with E-state index in [9.17, 15) is 0 Å². The van der Waals surface area contributed by atoms with Crippen LogP contribution in [0.2, 0.25) is 0 Å². The molecule has 0 bridgehead atoms. The molecule has 16 heavy (non-hydrogen) atoms. The van der Waals surface area contributed by atoms with Crippen LogP contribution in [-0.4, -0.2) is 23.6 Å². The molecule has 0 unspecified atom stereocenters. The van der Waals surface area contributed by atoms with Gasteiger partial charge in [-0.25, -0.2) is 0 Å². The number of rotatable bonds is 3. The fourth-order valence-corrected chi connectivity index (χ4v) is 3.36. The maximum atomic E-state index is 8.04. The highest BCUT2D eigenvalue weighted by Crippen LogP contribution is 2.28. The molecule has 1 N–H and O–H groups in total. The van der Waals surface area contributed by atoms with Gasteiger partial charge in [0, 0.05) is 23.7 Å². The van der Waals surface area contributed by atoms with Gasteiger partial charge >= 0.3 is 0 Å². The van der Waals surface area contributed by atoms with Crippen LogP contribution in [-0.2, 0) is 6.54 Å². The summed E-state index contributed by atoms with van der Waals surface area (Å²) in [5.74, 6) is 0. The third kappa shape index (κ3) is 2.55. The van der Waals surface area contributed by atoms with Crippen LogP contribution in [0.15, 0.2) is 5.38 Å². The standard InChI is InChI=1S/C12H21N3S/c1-14(2)8-11-9-16-12(13)15(11)10-6-4-3-5-7-10/h9-10,13H,3-8H2,1-2H3. The minimum atomic E-state index is 0.586. The molecule has 1 aromatic rings. The predicted molar refractivity (Wildman–Crippen MR) is 67.7 cm³/mol. The number of hydrogen-bond donors (Lipinski definition) is 1. The molecular formula is C12H21N3S. The Hall–Kier alpha value is -0.610. The summed E-state index contributed by atoms with van der Waals surface area (Å²) in [6, 6.07) is 0.586. The number of thiazole rings is 1. The fraction of sp³-hybridized carbons (Fsp3) is 0.750. The molecular weight excluding hydrogens is 218 g/mol. The van der Waals surface area contributed by atoms with Gasteiger partial charge in [0.2, 0.25) is 0 Å². The van der Waals surface area contributed by atoms with Gasteiger partial charge in [-0.05, 0) is 26.9 Å². The summed E-state index contributed by atoms with van der Waals surface area (Å²) < 4.78 is 2.27. The van der Waals surface area contributed by atoms with Crippen molar-refractivity contribution in [3.63, 3.8) is 0 Å². The minimum Gasteiger partial charge on any atom is -0.317 e. The molecule has 0 amide bonds. The third-order valence-corrected chi connectivity index (χ3v) is 4.06. The van der Waals surface area contributed by atoms with Crippen molar-refractivity contribution in [2.24, 2.45) is 0 Å². The maximum absolute atomic E-state index is 8.04. The van der Waals surface area contributed by atoms with E-state index in [4.69, 9.17) is 5.41 Å². The second kappa shape index (κ2) is 5.15. The molecule has 4 heteroatoms. The van der Waals surface area contributed by atoms with Gasteiger partial charge in [0.25, 0.3) is 0 Å². The summed E-state index contributed by atoms with van der Waals surface area (Å²) >= 11 is 1.57. The smallest absolute Gasteiger partial charge is 0.182 e. The van der Waals surface area contributed by atoms with E-state index < -0.39 is 0 Å². The number of aromatic nitrogens is 1. The normalized spacial score (nSPS) is 18.2. The summed E-state index contributed by atoms with van der Waals surface area (Å²) in [6.07, 6.45) is 6.54. The van der Waals surface area contributed by atoms with Crippen LogP contribution in [0.25, 0.3) is 0 Å². The largest absolute Gasteiger partial charge is 0.317 e. The molecule has 1 aromatic heterocycles. The van der Waals surface area contributed by atoms with Crippen molar-refractivity contribution in [1.29, 1.82) is 5.41 Å². The van der Waals surface area contributed by atoms with E-state index in [0.717, 1.165) is 11.3 Å². The molecule has 0 saturated heterocycles. The quantitative estimate of drug-likeness (QED) is 0.864. The Morgan fingerprint density at radius 3 is 2.69 bits per heavy atom. The van der Waals surface area contributed by atoms with Crippen molar-refractivity contribution in [2.45, 2.75) is 44.7 Å². The second-order valence-corrected chi connectivity index (χ2v) is 5.79. The van der Waals surface area contributed by atoms with E-state index in [0.29, 0.717) is 6.04 Å². The maximum Gasteiger partial charge on any atom is 0.182 e. The van der Waals surface area contributed by atoms with Crippen molar-refractivity contribution in [2.75, 3.05) is 14.1 Å². The van der Waals surface area contributed by atoms with Gasteiger partial charge in [-0.15, -0.1) is 11.3 Å². The average molecular weight is 239 g/mol. The van der Waals surface area contributed by atoms with Crippen molar-refractivity contribution < 1.29 is 0 Å². The summed E-state index contributed by atoms with van der Waals surface area (Å²) in [5.41, 5.74) is 1.31. The molecule has 1 heterocycles. The highest BCUT2D eigenvalue weighted by Gasteiger charge is 2.18. The SMILES string of the molecule is CN(C)Cc1csc(=N)n1C1CCCCC1. The first-order valence-corrected chi connectivity index (χ1v) is 6.94. The number of nitrogens with zero attached hydrogens (tertiary/aromatic N) is 2. The van der Waals surface area contributed by atoms with Gasteiger partial charge in [0.15, 0.2) is 4.80 Å². The second-order valence-electron chi connectivity index (χ2n) is 4.93. The monoisotopic (exact) mass is 239 g/mol. The molecule has 0 radical (unpaired) electrons. The van der Waals surface area contributed by atoms with E-state index in [-0.39, 0.29) is 0 Å². The Kier molecular flexibility index (Phi) is 3.82. The van der Waals surface area contributed by atoms with Crippen LogP contribution in [0.1, 0.15) is 43.8 Å².